The van der Waals surface area contributed by atoms with Gasteiger partial charge in [-0.25, -0.2) is 4.79 Å². The maximum Gasteiger partial charge on any atom is 0.338 e. The molecule has 0 saturated carbocycles. The molecule has 0 bridgehead atoms. The number of hydrogen-bond acceptors (Lipinski definition) is 4. The Bertz CT molecular complexity index is 545. The smallest absolute Gasteiger partial charge is 0.338 e. The maximum atomic E-state index is 11.7. The fraction of sp³-hybridized carbons (Fsp3) is 0.316. The van der Waals surface area contributed by atoms with Gasteiger partial charge in [0.1, 0.15) is 11.5 Å². The highest BCUT2D eigenvalue weighted by Crippen LogP contribution is 2.12. The lowest BCUT2D eigenvalue weighted by molar-refractivity contribution is 0.0509. The second-order valence-corrected chi connectivity index (χ2v) is 4.10. The topological polar surface area (TPSA) is 66.8 Å². The first-order valence-corrected chi connectivity index (χ1v) is 7.89. The fourth-order valence-electron chi connectivity index (χ4n) is 1.61. The van der Waals surface area contributed by atoms with Gasteiger partial charge in [0.2, 0.25) is 0 Å². The average Bonchev–Trinajstić information content (AvgIpc) is 2.61. The van der Waals surface area contributed by atoms with Crippen molar-refractivity contribution >= 4 is 5.97 Å². The zero-order valence-electron chi connectivity index (χ0n) is 14.2. The highest BCUT2D eigenvalue weighted by molar-refractivity contribution is 5.89. The predicted molar refractivity (Wildman–Crippen MR) is 92.9 cm³/mol. The Hall–Kier alpha value is -2.49. The van der Waals surface area contributed by atoms with Crippen molar-refractivity contribution in [3.63, 3.8) is 0 Å². The highest BCUT2D eigenvalue weighted by atomic mass is 16.5. The molecule has 0 aliphatic rings. The second kappa shape index (κ2) is 12.1. The third-order valence-corrected chi connectivity index (χ3v) is 2.66. The van der Waals surface area contributed by atoms with Crippen molar-refractivity contribution in [2.75, 3.05) is 6.61 Å². The maximum absolute atomic E-state index is 11.7. The largest absolute Gasteiger partial charge is 0.508 e. The zero-order valence-corrected chi connectivity index (χ0v) is 14.2. The van der Waals surface area contributed by atoms with Gasteiger partial charge in [-0.15, -0.1) is 0 Å². The van der Waals surface area contributed by atoms with Crippen LogP contribution in [0.4, 0.5) is 0 Å². The van der Waals surface area contributed by atoms with Gasteiger partial charge in [-0.3, -0.25) is 0 Å². The van der Waals surface area contributed by atoms with E-state index in [0.29, 0.717) is 12.0 Å². The van der Waals surface area contributed by atoms with Crippen LogP contribution in [0.1, 0.15) is 43.6 Å². The molecule has 126 valence electrons. The number of phenols is 2. The summed E-state index contributed by atoms with van der Waals surface area (Å²) in [5, 5.41) is 18.2. The summed E-state index contributed by atoms with van der Waals surface area (Å²) in [7, 11) is 0. The van der Waals surface area contributed by atoms with Crippen molar-refractivity contribution in [2.24, 2.45) is 0 Å². The van der Waals surface area contributed by atoms with Crippen LogP contribution in [0.15, 0.2) is 48.5 Å². The summed E-state index contributed by atoms with van der Waals surface area (Å²) >= 11 is 0. The Morgan fingerprint density at radius 2 is 1.26 bits per heavy atom. The van der Waals surface area contributed by atoms with Gasteiger partial charge in [-0.05, 0) is 42.0 Å². The van der Waals surface area contributed by atoms with E-state index in [2.05, 4.69) is 0 Å². The van der Waals surface area contributed by atoms with E-state index < -0.39 is 5.97 Å². The number of carbonyl (C=O) groups is 1. The first kappa shape index (κ1) is 20.5. The number of ether oxygens (including phenoxy) is 1. The summed E-state index contributed by atoms with van der Waals surface area (Å²) in [6.07, 6.45) is 0.587. The van der Waals surface area contributed by atoms with E-state index in [9.17, 15) is 4.79 Å². The van der Waals surface area contributed by atoms with Gasteiger partial charge in [-0.1, -0.05) is 39.8 Å². The normalized spacial score (nSPS) is 8.87. The molecule has 0 amide bonds. The van der Waals surface area contributed by atoms with Crippen molar-refractivity contribution in [3.05, 3.63) is 59.7 Å². The minimum absolute atomic E-state index is 0.112. The number of hydrogen-bond donors (Lipinski definition) is 2. The van der Waals surface area contributed by atoms with Crippen molar-refractivity contribution < 1.29 is 19.7 Å². The van der Waals surface area contributed by atoms with E-state index in [1.54, 1.807) is 24.3 Å². The molecule has 0 spiro atoms. The average molecular weight is 318 g/mol. The Morgan fingerprint density at radius 1 is 0.826 bits per heavy atom. The van der Waals surface area contributed by atoms with E-state index in [4.69, 9.17) is 14.9 Å². The van der Waals surface area contributed by atoms with E-state index >= 15 is 0 Å². The summed E-state index contributed by atoms with van der Waals surface area (Å²) in [5.41, 5.74) is 1.39. The Morgan fingerprint density at radius 3 is 1.74 bits per heavy atom. The minimum Gasteiger partial charge on any atom is -0.508 e. The first-order chi connectivity index (χ1) is 11.1. The zero-order chi connectivity index (χ0) is 17.7. The van der Waals surface area contributed by atoms with E-state index in [1.165, 1.54) is 24.3 Å². The van der Waals surface area contributed by atoms with Gasteiger partial charge < -0.3 is 14.9 Å². The van der Waals surface area contributed by atoms with Gasteiger partial charge in [0.15, 0.2) is 0 Å². The van der Waals surface area contributed by atoms with Gasteiger partial charge in [0, 0.05) is 6.42 Å². The van der Waals surface area contributed by atoms with Crippen LogP contribution in [0.3, 0.4) is 0 Å². The second-order valence-electron chi connectivity index (χ2n) is 4.10. The van der Waals surface area contributed by atoms with E-state index in [0.717, 1.165) is 5.56 Å². The molecule has 0 aliphatic carbocycles. The van der Waals surface area contributed by atoms with Crippen LogP contribution in [-0.4, -0.2) is 22.8 Å². The Kier molecular flexibility index (Phi) is 10.8. The SMILES string of the molecule is CC.CC.O=C(OCCc1ccc(O)cc1)c1ccc(O)cc1. The van der Waals surface area contributed by atoms with Crippen molar-refractivity contribution in [2.45, 2.75) is 34.1 Å². The molecule has 0 saturated heterocycles. The summed E-state index contributed by atoms with van der Waals surface area (Å²) in [4.78, 5) is 11.7. The molecule has 4 nitrogen and oxygen atoms in total. The van der Waals surface area contributed by atoms with E-state index in [1.807, 2.05) is 27.7 Å². The lowest BCUT2D eigenvalue weighted by Gasteiger charge is -2.05. The van der Waals surface area contributed by atoms with Crippen LogP contribution in [0.25, 0.3) is 0 Å². The molecule has 0 unspecified atom stereocenters. The Balaban J connectivity index is 0.00000112. The van der Waals surface area contributed by atoms with Crippen LogP contribution in [0.2, 0.25) is 0 Å². The van der Waals surface area contributed by atoms with Gasteiger partial charge >= 0.3 is 5.97 Å². The predicted octanol–water partition coefficient (Wildman–Crippen LogP) is 4.55. The molecule has 23 heavy (non-hydrogen) atoms. The molecule has 0 aromatic heterocycles. The van der Waals surface area contributed by atoms with Crippen molar-refractivity contribution in [1.29, 1.82) is 0 Å². The molecule has 2 N–H and O–H groups in total. The number of phenolic OH excluding ortho intramolecular Hbond substituents is 2. The minimum atomic E-state index is -0.418. The van der Waals surface area contributed by atoms with Crippen LogP contribution < -0.4 is 0 Å². The summed E-state index contributed by atoms with van der Waals surface area (Å²) in [5.74, 6) is -0.0933. The van der Waals surface area contributed by atoms with Crippen LogP contribution >= 0.6 is 0 Å². The van der Waals surface area contributed by atoms with Crippen LogP contribution in [0.5, 0.6) is 11.5 Å². The van der Waals surface area contributed by atoms with Gasteiger partial charge in [0.05, 0.1) is 12.2 Å². The first-order valence-electron chi connectivity index (χ1n) is 7.89. The molecule has 2 aromatic carbocycles. The lowest BCUT2D eigenvalue weighted by atomic mass is 10.1. The highest BCUT2D eigenvalue weighted by Gasteiger charge is 2.06. The molecule has 0 fully saturated rings. The molecule has 0 radical (unpaired) electrons. The Labute approximate surface area is 138 Å². The van der Waals surface area contributed by atoms with Gasteiger partial charge in [0.25, 0.3) is 0 Å². The van der Waals surface area contributed by atoms with E-state index in [-0.39, 0.29) is 18.1 Å². The van der Waals surface area contributed by atoms with Crippen LogP contribution in [0, 0.1) is 0 Å². The molecule has 0 heterocycles. The van der Waals surface area contributed by atoms with Crippen LogP contribution in [-0.2, 0) is 11.2 Å². The fourth-order valence-corrected chi connectivity index (χ4v) is 1.61. The van der Waals surface area contributed by atoms with Crippen molar-refractivity contribution in [1.82, 2.24) is 0 Å². The summed E-state index contributed by atoms with van der Waals surface area (Å²) in [6, 6.07) is 12.7. The number of aromatic hydroxyl groups is 2. The standard InChI is InChI=1S/C15H14O4.2C2H6/c16-13-5-1-11(2-6-13)9-10-19-15(18)12-3-7-14(17)8-4-12;2*1-2/h1-8,16-17H,9-10H2;2*1-2H3. The molecule has 2 rings (SSSR count). The molecule has 4 heteroatoms. The molecular weight excluding hydrogens is 292 g/mol. The van der Waals surface area contributed by atoms with Gasteiger partial charge in [-0.2, -0.15) is 0 Å². The molecule has 0 aliphatic heterocycles. The van der Waals surface area contributed by atoms with Crippen molar-refractivity contribution in [3.8, 4) is 11.5 Å². The number of rotatable bonds is 4. The quantitative estimate of drug-likeness (QED) is 0.812. The number of carbonyl (C=O) groups excluding carboxylic acids is 1. The number of benzene rings is 2. The number of esters is 1. The summed E-state index contributed by atoms with van der Waals surface area (Å²) in [6.45, 7) is 8.27. The summed E-state index contributed by atoms with van der Waals surface area (Å²) < 4.78 is 5.12. The molecular formula is C19H26O4. The monoisotopic (exact) mass is 318 g/mol. The molecule has 0 atom stereocenters. The third-order valence-electron chi connectivity index (χ3n) is 2.66. The lowest BCUT2D eigenvalue weighted by Crippen LogP contribution is -2.07. The third kappa shape index (κ3) is 7.90. The molecule has 2 aromatic rings.